The lowest BCUT2D eigenvalue weighted by molar-refractivity contribution is 0.575. The molecular formula is C24H30N2. The van der Waals surface area contributed by atoms with E-state index in [1.165, 1.54) is 67.7 Å². The van der Waals surface area contributed by atoms with Crippen molar-refractivity contribution in [1.29, 1.82) is 0 Å². The van der Waals surface area contributed by atoms with E-state index in [4.69, 9.17) is 0 Å². The molecule has 0 N–H and O–H groups in total. The molecule has 0 aliphatic rings. The Labute approximate surface area is 157 Å². The topological polar surface area (TPSA) is 25.8 Å². The Morgan fingerprint density at radius 1 is 0.692 bits per heavy atom. The second kappa shape index (κ2) is 10.1. The van der Waals surface area contributed by atoms with Gasteiger partial charge >= 0.3 is 0 Å². The van der Waals surface area contributed by atoms with E-state index in [2.05, 4.69) is 59.4 Å². The number of hydrogen-bond acceptors (Lipinski definition) is 2. The van der Waals surface area contributed by atoms with Gasteiger partial charge in [0.15, 0.2) is 5.82 Å². The first-order valence-corrected chi connectivity index (χ1v) is 10.2. The molecule has 0 bridgehead atoms. The number of rotatable bonds is 10. The summed E-state index contributed by atoms with van der Waals surface area (Å²) in [6.45, 7) is 2.27. The van der Waals surface area contributed by atoms with Gasteiger partial charge in [-0.15, -0.1) is 0 Å². The summed E-state index contributed by atoms with van der Waals surface area (Å²) < 4.78 is 0. The predicted octanol–water partition coefficient (Wildman–Crippen LogP) is 6.98. The van der Waals surface area contributed by atoms with Crippen LogP contribution in [0.5, 0.6) is 0 Å². The van der Waals surface area contributed by atoms with Crippen LogP contribution in [0.1, 0.15) is 63.9 Å². The number of unbranched alkanes of at least 4 members (excludes halogenated alkanes) is 7. The quantitative estimate of drug-likeness (QED) is 0.370. The van der Waals surface area contributed by atoms with Crippen LogP contribution in [-0.2, 0) is 6.42 Å². The molecule has 0 radical (unpaired) electrons. The monoisotopic (exact) mass is 346 g/mol. The van der Waals surface area contributed by atoms with Crippen LogP contribution in [0.25, 0.3) is 22.2 Å². The second-order valence-electron chi connectivity index (χ2n) is 7.20. The molecule has 0 spiro atoms. The van der Waals surface area contributed by atoms with E-state index in [0.29, 0.717) is 0 Å². The van der Waals surface area contributed by atoms with Crippen LogP contribution < -0.4 is 0 Å². The van der Waals surface area contributed by atoms with Crippen LogP contribution in [0, 0.1) is 0 Å². The zero-order chi connectivity index (χ0) is 18.0. The van der Waals surface area contributed by atoms with Gasteiger partial charge < -0.3 is 0 Å². The van der Waals surface area contributed by atoms with Gasteiger partial charge in [-0.25, -0.2) is 9.97 Å². The van der Waals surface area contributed by atoms with E-state index in [1.807, 2.05) is 12.4 Å². The summed E-state index contributed by atoms with van der Waals surface area (Å²) in [5, 5.41) is 2.49. The number of benzene rings is 2. The van der Waals surface area contributed by atoms with Gasteiger partial charge in [0.25, 0.3) is 0 Å². The Morgan fingerprint density at radius 2 is 1.35 bits per heavy atom. The number of aryl methyl sites for hydroxylation is 1. The van der Waals surface area contributed by atoms with Crippen LogP contribution in [0.2, 0.25) is 0 Å². The van der Waals surface area contributed by atoms with E-state index < -0.39 is 0 Å². The summed E-state index contributed by atoms with van der Waals surface area (Å²) in [4.78, 5) is 9.19. The molecule has 0 aliphatic carbocycles. The van der Waals surface area contributed by atoms with Gasteiger partial charge in [-0.3, -0.25) is 0 Å². The fourth-order valence-electron chi connectivity index (χ4n) is 3.42. The molecule has 136 valence electrons. The molecule has 2 nitrogen and oxygen atoms in total. The van der Waals surface area contributed by atoms with Crippen molar-refractivity contribution in [2.75, 3.05) is 0 Å². The minimum absolute atomic E-state index is 0.815. The van der Waals surface area contributed by atoms with Crippen molar-refractivity contribution in [1.82, 2.24) is 9.97 Å². The highest BCUT2D eigenvalue weighted by Gasteiger charge is 2.03. The average Bonchev–Trinajstić information content (AvgIpc) is 2.70. The summed E-state index contributed by atoms with van der Waals surface area (Å²) >= 11 is 0. The van der Waals surface area contributed by atoms with E-state index in [1.54, 1.807) is 0 Å². The van der Waals surface area contributed by atoms with E-state index in [-0.39, 0.29) is 0 Å². The van der Waals surface area contributed by atoms with Crippen molar-refractivity contribution in [3.05, 3.63) is 60.4 Å². The Bertz CT molecular complexity index is 793. The maximum Gasteiger partial charge on any atom is 0.159 e. The van der Waals surface area contributed by atoms with Crippen LogP contribution in [0.15, 0.2) is 54.9 Å². The van der Waals surface area contributed by atoms with Crippen molar-refractivity contribution < 1.29 is 0 Å². The summed E-state index contributed by atoms with van der Waals surface area (Å²) in [5.74, 6) is 0.815. The number of nitrogens with zero attached hydrogens (tertiary/aromatic N) is 2. The van der Waals surface area contributed by atoms with Crippen LogP contribution in [0.3, 0.4) is 0 Å². The third-order valence-corrected chi connectivity index (χ3v) is 5.03. The first-order chi connectivity index (χ1) is 12.9. The molecule has 0 aliphatic heterocycles. The lowest BCUT2D eigenvalue weighted by Gasteiger charge is -2.05. The number of fused-ring (bicyclic) bond motifs is 1. The molecule has 2 heteroatoms. The van der Waals surface area contributed by atoms with Gasteiger partial charge in [0.1, 0.15) is 0 Å². The highest BCUT2D eigenvalue weighted by Crippen LogP contribution is 2.22. The molecule has 1 aromatic heterocycles. The molecule has 0 saturated carbocycles. The fraction of sp³-hybridized carbons (Fsp3) is 0.417. The number of aromatic nitrogens is 2. The SMILES string of the molecule is CCCCCCCCCCc1cnc(-c2ccc3ccccc3c2)nc1. The third-order valence-electron chi connectivity index (χ3n) is 5.03. The molecule has 0 atom stereocenters. The zero-order valence-electron chi connectivity index (χ0n) is 16.0. The number of hydrogen-bond donors (Lipinski definition) is 0. The van der Waals surface area contributed by atoms with Crippen LogP contribution in [0.4, 0.5) is 0 Å². The highest BCUT2D eigenvalue weighted by molar-refractivity contribution is 5.86. The van der Waals surface area contributed by atoms with Gasteiger partial charge in [0, 0.05) is 18.0 Å². The first kappa shape index (κ1) is 18.6. The molecule has 3 aromatic rings. The van der Waals surface area contributed by atoms with Gasteiger partial charge in [0.05, 0.1) is 0 Å². The second-order valence-corrected chi connectivity index (χ2v) is 7.20. The molecule has 2 aromatic carbocycles. The molecule has 1 heterocycles. The first-order valence-electron chi connectivity index (χ1n) is 10.2. The minimum Gasteiger partial charge on any atom is -0.236 e. The van der Waals surface area contributed by atoms with Gasteiger partial charge in [-0.2, -0.15) is 0 Å². The van der Waals surface area contributed by atoms with E-state index >= 15 is 0 Å². The minimum atomic E-state index is 0.815. The fourth-order valence-corrected chi connectivity index (χ4v) is 3.42. The standard InChI is InChI=1S/C24H30N2/c1-2-3-4-5-6-7-8-9-12-20-18-25-24(26-19-20)23-16-15-21-13-10-11-14-22(21)17-23/h10-11,13-19H,2-9,12H2,1H3. The summed E-state index contributed by atoms with van der Waals surface area (Å²) in [6.07, 6.45) is 15.9. The Kier molecular flexibility index (Phi) is 7.18. The average molecular weight is 347 g/mol. The predicted molar refractivity (Wildman–Crippen MR) is 111 cm³/mol. The molecule has 0 saturated heterocycles. The largest absolute Gasteiger partial charge is 0.236 e. The van der Waals surface area contributed by atoms with Gasteiger partial charge in [0.2, 0.25) is 0 Å². The Balaban J connectivity index is 1.47. The maximum absolute atomic E-state index is 4.59. The van der Waals surface area contributed by atoms with Crippen molar-refractivity contribution in [2.45, 2.75) is 64.7 Å². The molecule has 0 amide bonds. The molecule has 0 unspecified atom stereocenters. The normalized spacial score (nSPS) is 11.1. The lowest BCUT2D eigenvalue weighted by atomic mass is 10.1. The van der Waals surface area contributed by atoms with Crippen molar-refractivity contribution in [2.24, 2.45) is 0 Å². The third kappa shape index (κ3) is 5.39. The van der Waals surface area contributed by atoms with E-state index in [0.717, 1.165) is 17.8 Å². The van der Waals surface area contributed by atoms with Crippen LogP contribution >= 0.6 is 0 Å². The summed E-state index contributed by atoms with van der Waals surface area (Å²) in [5.41, 5.74) is 2.34. The smallest absolute Gasteiger partial charge is 0.159 e. The van der Waals surface area contributed by atoms with Crippen molar-refractivity contribution in [3.63, 3.8) is 0 Å². The summed E-state index contributed by atoms with van der Waals surface area (Å²) in [7, 11) is 0. The van der Waals surface area contributed by atoms with Crippen molar-refractivity contribution in [3.8, 4) is 11.4 Å². The molecule has 0 fully saturated rings. The van der Waals surface area contributed by atoms with E-state index in [9.17, 15) is 0 Å². The highest BCUT2D eigenvalue weighted by atomic mass is 14.9. The molecule has 3 rings (SSSR count). The summed E-state index contributed by atoms with van der Waals surface area (Å²) in [6, 6.07) is 14.8. The lowest BCUT2D eigenvalue weighted by Crippen LogP contribution is -1.93. The maximum atomic E-state index is 4.59. The Hall–Kier alpha value is -2.22. The molecular weight excluding hydrogens is 316 g/mol. The Morgan fingerprint density at radius 3 is 2.08 bits per heavy atom. The van der Waals surface area contributed by atoms with Crippen molar-refractivity contribution >= 4 is 10.8 Å². The van der Waals surface area contributed by atoms with Crippen LogP contribution in [-0.4, -0.2) is 9.97 Å². The van der Waals surface area contributed by atoms with Gasteiger partial charge in [-0.1, -0.05) is 88.3 Å². The van der Waals surface area contributed by atoms with Gasteiger partial charge in [-0.05, 0) is 35.2 Å². The molecule has 26 heavy (non-hydrogen) atoms. The zero-order valence-corrected chi connectivity index (χ0v) is 16.0.